The van der Waals surface area contributed by atoms with Gasteiger partial charge in [-0.05, 0) is 41.0 Å². The van der Waals surface area contributed by atoms with Crippen LogP contribution in [0.1, 0.15) is 27.0 Å². The summed E-state index contributed by atoms with van der Waals surface area (Å²) in [5.41, 5.74) is 3.84. The second-order valence-corrected chi connectivity index (χ2v) is 11.6. The Bertz CT molecular complexity index is 1580. The minimum absolute atomic E-state index is 0.132. The van der Waals surface area contributed by atoms with Crippen molar-refractivity contribution >= 4 is 41.2 Å². The van der Waals surface area contributed by atoms with Gasteiger partial charge in [-0.25, -0.2) is 9.97 Å². The molecule has 43 heavy (non-hydrogen) atoms. The van der Waals surface area contributed by atoms with E-state index < -0.39 is 0 Å². The molecule has 6 rings (SSSR count). The SMILES string of the molecule is O=C(NCc1ccc2c(c1)OCO2)c1ccc(CSc2nc(Cl)cc(N3CCN(CC=Cc4ccccc4)CC3)n2)cc1. The lowest BCUT2D eigenvalue weighted by Crippen LogP contribution is -2.46. The summed E-state index contributed by atoms with van der Waals surface area (Å²) in [6.45, 7) is 5.24. The summed E-state index contributed by atoms with van der Waals surface area (Å²) < 4.78 is 10.8. The van der Waals surface area contributed by atoms with E-state index in [1.165, 1.54) is 17.3 Å². The van der Waals surface area contributed by atoms with Crippen LogP contribution in [0.4, 0.5) is 5.82 Å². The van der Waals surface area contributed by atoms with Gasteiger partial charge in [0.2, 0.25) is 6.79 Å². The molecular formula is C33H32ClN5O3S. The number of benzene rings is 3. The fourth-order valence-corrected chi connectivity index (χ4v) is 5.95. The van der Waals surface area contributed by atoms with Crippen molar-refractivity contribution in [3.63, 3.8) is 0 Å². The van der Waals surface area contributed by atoms with Crippen molar-refractivity contribution in [2.75, 3.05) is 44.4 Å². The van der Waals surface area contributed by atoms with Gasteiger partial charge in [0, 0.05) is 56.7 Å². The fourth-order valence-electron chi connectivity index (χ4n) is 4.91. The van der Waals surface area contributed by atoms with Crippen LogP contribution in [0.15, 0.2) is 90.1 Å². The smallest absolute Gasteiger partial charge is 0.251 e. The van der Waals surface area contributed by atoms with E-state index >= 15 is 0 Å². The minimum atomic E-state index is -0.132. The second kappa shape index (κ2) is 13.9. The number of hydrogen-bond donors (Lipinski definition) is 1. The maximum absolute atomic E-state index is 12.7. The summed E-state index contributed by atoms with van der Waals surface area (Å²) in [5, 5.41) is 4.04. The first-order valence-corrected chi connectivity index (χ1v) is 15.6. The van der Waals surface area contributed by atoms with Crippen LogP contribution in [-0.2, 0) is 12.3 Å². The molecular weight excluding hydrogens is 582 g/mol. The lowest BCUT2D eigenvalue weighted by atomic mass is 10.1. The lowest BCUT2D eigenvalue weighted by Gasteiger charge is -2.35. The predicted octanol–water partition coefficient (Wildman–Crippen LogP) is 5.92. The van der Waals surface area contributed by atoms with Crippen LogP contribution in [0.5, 0.6) is 11.5 Å². The number of hydrogen-bond acceptors (Lipinski definition) is 8. The summed E-state index contributed by atoms with van der Waals surface area (Å²) in [7, 11) is 0. The Morgan fingerprint density at radius 1 is 0.907 bits per heavy atom. The highest BCUT2D eigenvalue weighted by Gasteiger charge is 2.19. The fraction of sp³-hybridized carbons (Fsp3) is 0.242. The highest BCUT2D eigenvalue weighted by atomic mass is 35.5. The van der Waals surface area contributed by atoms with E-state index in [1.54, 1.807) is 0 Å². The Balaban J connectivity index is 0.973. The van der Waals surface area contributed by atoms with Gasteiger partial charge in [0.25, 0.3) is 5.91 Å². The first-order chi connectivity index (χ1) is 21.1. The van der Waals surface area contributed by atoms with Crippen LogP contribution >= 0.6 is 23.4 Å². The van der Waals surface area contributed by atoms with Gasteiger partial charge in [-0.15, -0.1) is 0 Å². The number of rotatable bonds is 10. The second-order valence-electron chi connectivity index (χ2n) is 10.3. The molecule has 2 aliphatic rings. The molecule has 0 spiro atoms. The van der Waals surface area contributed by atoms with Crippen LogP contribution in [0, 0.1) is 0 Å². The topological polar surface area (TPSA) is 79.8 Å². The van der Waals surface area contributed by atoms with E-state index in [0.29, 0.717) is 33.9 Å². The third kappa shape index (κ3) is 7.87. The number of aromatic nitrogens is 2. The monoisotopic (exact) mass is 613 g/mol. The molecule has 1 N–H and O–H groups in total. The van der Waals surface area contributed by atoms with Gasteiger partial charge >= 0.3 is 0 Å². The molecule has 220 valence electrons. The molecule has 0 radical (unpaired) electrons. The Labute approximate surface area is 260 Å². The van der Waals surface area contributed by atoms with Crippen LogP contribution < -0.4 is 19.7 Å². The van der Waals surface area contributed by atoms with Crippen molar-refractivity contribution in [3.05, 3.63) is 112 Å². The largest absolute Gasteiger partial charge is 0.454 e. The Kier molecular flexibility index (Phi) is 9.42. The maximum atomic E-state index is 12.7. The number of piperazine rings is 1. The van der Waals surface area contributed by atoms with E-state index in [-0.39, 0.29) is 12.7 Å². The number of fused-ring (bicyclic) bond motifs is 1. The van der Waals surface area contributed by atoms with Crippen molar-refractivity contribution in [3.8, 4) is 11.5 Å². The number of amides is 1. The lowest BCUT2D eigenvalue weighted by molar-refractivity contribution is 0.0951. The molecule has 0 aliphatic carbocycles. The zero-order valence-electron chi connectivity index (χ0n) is 23.6. The van der Waals surface area contributed by atoms with Gasteiger partial charge < -0.3 is 19.7 Å². The maximum Gasteiger partial charge on any atom is 0.251 e. The molecule has 0 atom stereocenters. The van der Waals surface area contributed by atoms with Crippen LogP contribution in [0.25, 0.3) is 6.08 Å². The molecule has 0 unspecified atom stereocenters. The molecule has 4 aromatic rings. The summed E-state index contributed by atoms with van der Waals surface area (Å²) in [6, 6.07) is 25.5. The highest BCUT2D eigenvalue weighted by molar-refractivity contribution is 7.98. The average Bonchev–Trinajstić information content (AvgIpc) is 3.52. The molecule has 1 amide bonds. The minimum Gasteiger partial charge on any atom is -0.454 e. The number of nitrogens with zero attached hydrogens (tertiary/aromatic N) is 4. The summed E-state index contributed by atoms with van der Waals surface area (Å²) >= 11 is 7.93. The van der Waals surface area contributed by atoms with Crippen molar-refractivity contribution in [2.45, 2.75) is 17.5 Å². The molecule has 0 bridgehead atoms. The van der Waals surface area contributed by atoms with Crippen molar-refractivity contribution in [2.24, 2.45) is 0 Å². The zero-order chi connectivity index (χ0) is 29.4. The number of thioether (sulfide) groups is 1. The Hall–Kier alpha value is -4.05. The molecule has 3 aromatic carbocycles. The Morgan fingerprint density at radius 3 is 2.49 bits per heavy atom. The van der Waals surface area contributed by atoms with Gasteiger partial charge in [0.1, 0.15) is 11.0 Å². The summed E-state index contributed by atoms with van der Waals surface area (Å²) in [5.74, 6) is 2.82. The van der Waals surface area contributed by atoms with Gasteiger partial charge in [0.05, 0.1) is 0 Å². The van der Waals surface area contributed by atoms with Crippen LogP contribution in [0.2, 0.25) is 5.15 Å². The number of ether oxygens (including phenoxy) is 2. The van der Waals surface area contributed by atoms with Crippen LogP contribution in [-0.4, -0.2) is 60.3 Å². The molecule has 3 heterocycles. The summed E-state index contributed by atoms with van der Waals surface area (Å²) in [4.78, 5) is 26.6. The van der Waals surface area contributed by atoms with Crippen molar-refractivity contribution < 1.29 is 14.3 Å². The normalized spacial score (nSPS) is 14.8. The standard InChI is InChI=1S/C33H32ClN5O3S/c34-30-20-31(39-17-15-38(16-18-39)14-4-7-24-5-2-1-3-6-24)37-33(36-30)43-22-25-8-11-27(12-9-25)32(40)35-21-26-10-13-28-29(19-26)42-23-41-28/h1-13,19-20H,14-18,21-23H2,(H,35,40). The van der Waals surface area contributed by atoms with Gasteiger partial charge in [-0.2, -0.15) is 0 Å². The van der Waals surface area contributed by atoms with E-state index in [1.807, 2.05) is 54.6 Å². The number of nitrogens with one attached hydrogen (secondary N) is 1. The molecule has 10 heteroatoms. The van der Waals surface area contributed by atoms with E-state index in [4.69, 9.17) is 26.1 Å². The third-order valence-corrected chi connectivity index (χ3v) is 8.42. The van der Waals surface area contributed by atoms with Crippen molar-refractivity contribution in [1.82, 2.24) is 20.2 Å². The Morgan fingerprint density at radius 2 is 1.67 bits per heavy atom. The molecule has 1 fully saturated rings. The third-order valence-electron chi connectivity index (χ3n) is 7.30. The van der Waals surface area contributed by atoms with Gasteiger partial charge in [-0.1, -0.05) is 84.0 Å². The zero-order valence-corrected chi connectivity index (χ0v) is 25.2. The van der Waals surface area contributed by atoms with E-state index in [2.05, 4.69) is 56.5 Å². The van der Waals surface area contributed by atoms with Crippen molar-refractivity contribution in [1.29, 1.82) is 0 Å². The van der Waals surface area contributed by atoms with Gasteiger partial charge in [-0.3, -0.25) is 9.69 Å². The van der Waals surface area contributed by atoms with E-state index in [9.17, 15) is 4.79 Å². The first-order valence-electron chi connectivity index (χ1n) is 14.2. The molecule has 8 nitrogen and oxygen atoms in total. The van der Waals surface area contributed by atoms with Gasteiger partial charge in [0.15, 0.2) is 16.7 Å². The summed E-state index contributed by atoms with van der Waals surface area (Å²) in [6.07, 6.45) is 4.40. The first kappa shape index (κ1) is 29.0. The molecule has 2 aliphatic heterocycles. The number of carbonyl (C=O) groups excluding carboxylic acids is 1. The average molecular weight is 614 g/mol. The highest BCUT2D eigenvalue weighted by Crippen LogP contribution is 2.32. The number of anilines is 1. The number of halogens is 1. The molecule has 1 saturated heterocycles. The molecule has 1 aromatic heterocycles. The molecule has 0 saturated carbocycles. The van der Waals surface area contributed by atoms with E-state index in [0.717, 1.165) is 55.4 Å². The number of carbonyl (C=O) groups is 1. The predicted molar refractivity (Wildman–Crippen MR) is 171 cm³/mol. The van der Waals surface area contributed by atoms with Crippen LogP contribution in [0.3, 0.4) is 0 Å². The quantitative estimate of drug-likeness (QED) is 0.134.